The Bertz CT molecular complexity index is 1820. The summed E-state index contributed by atoms with van der Waals surface area (Å²) in [5.74, 6) is -3.54. The highest BCUT2D eigenvalue weighted by Crippen LogP contribution is 2.29. The van der Waals surface area contributed by atoms with E-state index in [9.17, 15) is 30.8 Å². The third-order valence-corrected chi connectivity index (χ3v) is 8.20. The number of methoxy groups -OCH3 is 1. The van der Waals surface area contributed by atoms with E-state index in [0.29, 0.717) is 28.3 Å². The molecule has 45 heavy (non-hydrogen) atoms. The lowest BCUT2D eigenvalue weighted by molar-refractivity contribution is -0.192. The quantitative estimate of drug-likeness (QED) is 0.128. The summed E-state index contributed by atoms with van der Waals surface area (Å²) in [6.45, 7) is 1.46. The fourth-order valence-electron chi connectivity index (χ4n) is 4.09. The Balaban J connectivity index is 0.000000707. The number of nitrogens with one attached hydrogen (secondary N) is 2. The Morgan fingerprint density at radius 1 is 1.04 bits per heavy atom. The predicted molar refractivity (Wildman–Crippen MR) is 160 cm³/mol. The molecule has 0 bridgehead atoms. The van der Waals surface area contributed by atoms with Crippen molar-refractivity contribution in [1.29, 1.82) is 0 Å². The molecule has 4 rings (SSSR count). The van der Waals surface area contributed by atoms with Crippen molar-refractivity contribution in [1.82, 2.24) is 10.3 Å². The van der Waals surface area contributed by atoms with Crippen LogP contribution in [-0.4, -0.2) is 49.4 Å². The number of rotatable bonds is 9. The average Bonchev–Trinajstić information content (AvgIpc) is 2.99. The molecule has 0 aliphatic rings. The standard InChI is InChI=1S/C27H28FN5O4S.C2HF3O2/c1-3-38(35,36)24-9-5-19(29)12-18(24)15-32-27(34)25(17-4-8-22(28)23(14-17)37-2)33-20-6-7-21-16(13-20)10-11-31-26(21)30;3-2(4,5)1(6)7/h4-14,25,33H,3,15,29H2,1-2H3,(H2,30,31)(H,32,34);(H,6,7). The minimum Gasteiger partial charge on any atom is -0.494 e. The number of nitrogens with zero attached hydrogens (tertiary/aromatic N) is 1. The molecule has 0 radical (unpaired) electrons. The summed E-state index contributed by atoms with van der Waals surface area (Å²) in [7, 11) is -2.21. The molecule has 11 nitrogen and oxygen atoms in total. The van der Waals surface area contributed by atoms with E-state index in [2.05, 4.69) is 15.6 Å². The molecule has 1 unspecified atom stereocenters. The summed E-state index contributed by atoms with van der Waals surface area (Å²) in [5.41, 5.74) is 13.6. The van der Waals surface area contributed by atoms with Crippen LogP contribution in [-0.2, 0) is 26.0 Å². The van der Waals surface area contributed by atoms with Crippen LogP contribution in [0.5, 0.6) is 5.75 Å². The van der Waals surface area contributed by atoms with Gasteiger partial charge < -0.3 is 31.9 Å². The van der Waals surface area contributed by atoms with E-state index in [1.807, 2.05) is 6.07 Å². The number of carbonyl (C=O) groups is 2. The molecular weight excluding hydrogens is 622 g/mol. The Labute approximate surface area is 255 Å². The number of amides is 1. The van der Waals surface area contributed by atoms with E-state index in [-0.39, 0.29) is 22.9 Å². The summed E-state index contributed by atoms with van der Waals surface area (Å²) in [5, 5.41) is 14.7. The molecule has 1 heterocycles. The highest BCUT2D eigenvalue weighted by Gasteiger charge is 2.38. The number of benzene rings is 3. The number of nitrogens with two attached hydrogens (primary N) is 2. The number of hydrogen-bond donors (Lipinski definition) is 5. The van der Waals surface area contributed by atoms with Gasteiger partial charge in [-0.25, -0.2) is 22.6 Å². The van der Waals surface area contributed by atoms with Crippen LogP contribution in [0.4, 0.5) is 34.8 Å². The maximum absolute atomic E-state index is 14.1. The Kier molecular flexibility index (Phi) is 10.8. The molecule has 1 atom stereocenters. The Morgan fingerprint density at radius 2 is 1.73 bits per heavy atom. The van der Waals surface area contributed by atoms with E-state index in [0.717, 1.165) is 10.8 Å². The lowest BCUT2D eigenvalue weighted by Gasteiger charge is -2.21. The van der Waals surface area contributed by atoms with Gasteiger partial charge >= 0.3 is 12.1 Å². The summed E-state index contributed by atoms with van der Waals surface area (Å²) >= 11 is 0. The molecule has 1 amide bonds. The van der Waals surface area contributed by atoms with Gasteiger partial charge in [-0.15, -0.1) is 0 Å². The fourth-order valence-corrected chi connectivity index (χ4v) is 5.21. The van der Waals surface area contributed by atoms with Crippen LogP contribution >= 0.6 is 0 Å². The minimum atomic E-state index is -5.08. The number of halogens is 4. The zero-order valence-electron chi connectivity index (χ0n) is 23.9. The summed E-state index contributed by atoms with van der Waals surface area (Å²) in [6, 6.07) is 14.8. The number of carboxylic acid groups (broad SMARTS) is 1. The normalized spacial score (nSPS) is 12.0. The molecule has 0 aliphatic carbocycles. The molecule has 0 aliphatic heterocycles. The average molecular weight is 652 g/mol. The molecule has 0 saturated heterocycles. The molecule has 0 saturated carbocycles. The number of aromatic nitrogens is 1. The van der Waals surface area contributed by atoms with Crippen molar-refractivity contribution in [2.75, 3.05) is 29.6 Å². The SMILES string of the molecule is CCS(=O)(=O)c1ccc(N)cc1CNC(=O)C(Nc1ccc2c(N)nccc2c1)c1ccc(F)c(OC)c1.O=C(O)C(F)(F)F. The molecule has 1 aromatic heterocycles. The highest BCUT2D eigenvalue weighted by molar-refractivity contribution is 7.91. The van der Waals surface area contributed by atoms with E-state index in [1.165, 1.54) is 43.5 Å². The monoisotopic (exact) mass is 651 g/mol. The predicted octanol–water partition coefficient (Wildman–Crippen LogP) is 4.44. The number of nitrogen functional groups attached to an aromatic ring is 2. The number of carbonyl (C=O) groups excluding carboxylic acids is 1. The molecular formula is C29H29F4N5O6S. The van der Waals surface area contributed by atoms with Crippen LogP contribution in [0.25, 0.3) is 10.8 Å². The summed E-state index contributed by atoms with van der Waals surface area (Å²) in [6.07, 6.45) is -3.50. The number of pyridine rings is 1. The van der Waals surface area contributed by atoms with Crippen LogP contribution in [0, 0.1) is 5.82 Å². The van der Waals surface area contributed by atoms with Crippen LogP contribution in [0.2, 0.25) is 0 Å². The first-order chi connectivity index (χ1) is 21.1. The highest BCUT2D eigenvalue weighted by atomic mass is 32.2. The second-order valence-corrected chi connectivity index (χ2v) is 11.6. The van der Waals surface area contributed by atoms with Gasteiger partial charge in [-0.05, 0) is 71.1 Å². The lowest BCUT2D eigenvalue weighted by atomic mass is 10.0. The number of alkyl halides is 3. The van der Waals surface area contributed by atoms with E-state index in [1.54, 1.807) is 31.3 Å². The van der Waals surface area contributed by atoms with Crippen LogP contribution in [0.1, 0.15) is 24.1 Å². The van der Waals surface area contributed by atoms with Gasteiger partial charge in [0, 0.05) is 29.5 Å². The second-order valence-electron chi connectivity index (χ2n) is 9.39. The number of fused-ring (bicyclic) bond motifs is 1. The first-order valence-electron chi connectivity index (χ1n) is 13.0. The number of aliphatic carboxylic acids is 1. The van der Waals surface area contributed by atoms with Crippen molar-refractivity contribution in [2.24, 2.45) is 0 Å². The molecule has 0 spiro atoms. The molecule has 7 N–H and O–H groups in total. The second kappa shape index (κ2) is 14.1. The zero-order chi connectivity index (χ0) is 33.5. The Hall–Kier alpha value is -5.12. The zero-order valence-corrected chi connectivity index (χ0v) is 24.7. The topological polar surface area (TPSA) is 187 Å². The molecule has 16 heteroatoms. The number of sulfone groups is 1. The Morgan fingerprint density at radius 3 is 2.36 bits per heavy atom. The smallest absolute Gasteiger partial charge is 0.490 e. The van der Waals surface area contributed by atoms with Crippen molar-refractivity contribution in [3.63, 3.8) is 0 Å². The van der Waals surface area contributed by atoms with Crippen molar-refractivity contribution >= 4 is 49.7 Å². The van der Waals surface area contributed by atoms with Gasteiger partial charge in [0.15, 0.2) is 21.4 Å². The summed E-state index contributed by atoms with van der Waals surface area (Å²) < 4.78 is 76.1. The number of ether oxygens (including phenoxy) is 1. The molecule has 4 aromatic rings. The molecule has 0 fully saturated rings. The maximum atomic E-state index is 14.1. The number of carboxylic acids is 1. The van der Waals surface area contributed by atoms with Gasteiger partial charge in [0.05, 0.1) is 17.8 Å². The fraction of sp³-hybridized carbons (Fsp3) is 0.207. The first kappa shape index (κ1) is 34.4. The van der Waals surface area contributed by atoms with E-state index >= 15 is 0 Å². The first-order valence-corrected chi connectivity index (χ1v) is 14.7. The van der Waals surface area contributed by atoms with Crippen LogP contribution in [0.15, 0.2) is 71.8 Å². The van der Waals surface area contributed by atoms with Gasteiger partial charge in [0.25, 0.3) is 0 Å². The largest absolute Gasteiger partial charge is 0.494 e. The van der Waals surface area contributed by atoms with Crippen molar-refractivity contribution in [3.8, 4) is 5.75 Å². The summed E-state index contributed by atoms with van der Waals surface area (Å²) in [4.78, 5) is 26.6. The molecule has 240 valence electrons. The van der Waals surface area contributed by atoms with Crippen molar-refractivity contribution in [3.05, 3.63) is 83.8 Å². The van der Waals surface area contributed by atoms with E-state index in [4.69, 9.17) is 26.1 Å². The van der Waals surface area contributed by atoms with Crippen LogP contribution in [0.3, 0.4) is 0 Å². The van der Waals surface area contributed by atoms with Gasteiger partial charge in [-0.1, -0.05) is 13.0 Å². The van der Waals surface area contributed by atoms with Crippen LogP contribution < -0.4 is 26.8 Å². The maximum Gasteiger partial charge on any atom is 0.490 e. The lowest BCUT2D eigenvalue weighted by Crippen LogP contribution is -2.33. The van der Waals surface area contributed by atoms with Gasteiger partial charge in [-0.2, -0.15) is 13.2 Å². The van der Waals surface area contributed by atoms with Crippen molar-refractivity contribution < 1.29 is 45.4 Å². The third-order valence-electron chi connectivity index (χ3n) is 6.37. The van der Waals surface area contributed by atoms with E-state index < -0.39 is 39.7 Å². The number of hydrogen-bond acceptors (Lipinski definition) is 9. The minimum absolute atomic E-state index is 0.0217. The number of anilines is 3. The van der Waals surface area contributed by atoms with Gasteiger partial charge in [0.1, 0.15) is 11.9 Å². The third kappa shape index (κ3) is 8.72. The van der Waals surface area contributed by atoms with Gasteiger partial charge in [0.2, 0.25) is 5.91 Å². The van der Waals surface area contributed by atoms with Gasteiger partial charge in [-0.3, -0.25) is 4.79 Å². The molecule has 3 aromatic carbocycles. The van der Waals surface area contributed by atoms with Crippen molar-refractivity contribution in [2.45, 2.75) is 30.6 Å².